The van der Waals surface area contributed by atoms with E-state index in [1.54, 1.807) is 16.8 Å². The Balaban J connectivity index is 1.93. The fourth-order valence-corrected chi connectivity index (χ4v) is 2.39. The summed E-state index contributed by atoms with van der Waals surface area (Å²) in [5, 5.41) is 1.96. The van der Waals surface area contributed by atoms with E-state index in [1.807, 2.05) is 23.6 Å². The molecule has 0 aliphatic carbocycles. The largest absolute Gasteiger partial charge is 0.486 e. The summed E-state index contributed by atoms with van der Waals surface area (Å²) < 4.78 is 11.0. The molecule has 1 aliphatic rings. The van der Waals surface area contributed by atoms with Crippen molar-refractivity contribution in [2.75, 3.05) is 13.2 Å². The van der Waals surface area contributed by atoms with Gasteiger partial charge in [0.1, 0.15) is 13.2 Å². The molecular formula is C12H12N2O2S. The van der Waals surface area contributed by atoms with Crippen molar-refractivity contribution in [1.82, 2.24) is 4.98 Å². The van der Waals surface area contributed by atoms with Crippen LogP contribution in [0, 0.1) is 0 Å². The second kappa shape index (κ2) is 4.35. The van der Waals surface area contributed by atoms with E-state index >= 15 is 0 Å². The highest BCUT2D eigenvalue weighted by atomic mass is 32.1. The Morgan fingerprint density at radius 1 is 1.24 bits per heavy atom. The molecule has 4 nitrogen and oxygen atoms in total. The maximum absolute atomic E-state index is 6.14. The minimum Gasteiger partial charge on any atom is -0.486 e. The number of aromatic nitrogens is 1. The third-order valence-corrected chi connectivity index (χ3v) is 3.30. The topological polar surface area (TPSA) is 57.4 Å². The van der Waals surface area contributed by atoms with E-state index in [2.05, 4.69) is 4.98 Å². The Morgan fingerprint density at radius 3 is 2.82 bits per heavy atom. The molecule has 0 radical (unpaired) electrons. The lowest BCUT2D eigenvalue weighted by molar-refractivity contribution is 0.171. The number of hydrogen-bond acceptors (Lipinski definition) is 5. The second-order valence-corrected chi connectivity index (χ2v) is 4.51. The third-order valence-electron chi connectivity index (χ3n) is 2.70. The highest BCUT2D eigenvalue weighted by molar-refractivity contribution is 7.07. The number of hydrogen-bond donors (Lipinski definition) is 1. The van der Waals surface area contributed by atoms with E-state index in [9.17, 15) is 0 Å². The van der Waals surface area contributed by atoms with Crippen LogP contribution in [0.3, 0.4) is 0 Å². The van der Waals surface area contributed by atoms with Gasteiger partial charge in [0.15, 0.2) is 11.5 Å². The van der Waals surface area contributed by atoms with Crippen molar-refractivity contribution in [3.63, 3.8) is 0 Å². The zero-order valence-corrected chi connectivity index (χ0v) is 9.94. The maximum atomic E-state index is 6.14. The zero-order chi connectivity index (χ0) is 11.7. The van der Waals surface area contributed by atoms with Crippen LogP contribution < -0.4 is 15.2 Å². The molecule has 17 heavy (non-hydrogen) atoms. The average Bonchev–Trinajstić information content (AvgIpc) is 2.91. The van der Waals surface area contributed by atoms with Crippen LogP contribution in [0.25, 0.3) is 0 Å². The Hall–Kier alpha value is -1.59. The van der Waals surface area contributed by atoms with Gasteiger partial charge < -0.3 is 15.2 Å². The van der Waals surface area contributed by atoms with E-state index < -0.39 is 0 Å². The van der Waals surface area contributed by atoms with Crippen molar-refractivity contribution in [2.45, 2.75) is 6.04 Å². The molecule has 0 fully saturated rings. The number of nitrogens with two attached hydrogens (primary N) is 1. The normalized spacial score (nSPS) is 15.6. The molecule has 1 unspecified atom stereocenters. The molecule has 2 aromatic rings. The highest BCUT2D eigenvalue weighted by Gasteiger charge is 2.16. The van der Waals surface area contributed by atoms with Crippen LogP contribution in [0.5, 0.6) is 11.5 Å². The van der Waals surface area contributed by atoms with E-state index in [0.717, 1.165) is 22.8 Å². The molecule has 5 heteroatoms. The van der Waals surface area contributed by atoms with Crippen molar-refractivity contribution < 1.29 is 9.47 Å². The van der Waals surface area contributed by atoms with Crippen LogP contribution in [0.15, 0.2) is 29.1 Å². The minimum absolute atomic E-state index is 0.211. The predicted octanol–water partition coefficient (Wildman–Crippen LogP) is 1.96. The first-order chi connectivity index (χ1) is 8.34. The number of ether oxygens (including phenoxy) is 2. The van der Waals surface area contributed by atoms with Gasteiger partial charge in [-0.1, -0.05) is 6.07 Å². The first-order valence-electron chi connectivity index (χ1n) is 5.38. The summed E-state index contributed by atoms with van der Waals surface area (Å²) >= 11 is 1.54. The van der Waals surface area contributed by atoms with E-state index in [0.29, 0.717) is 13.2 Å². The Morgan fingerprint density at radius 2 is 2.06 bits per heavy atom. The molecule has 88 valence electrons. The van der Waals surface area contributed by atoms with Crippen molar-refractivity contribution in [1.29, 1.82) is 0 Å². The van der Waals surface area contributed by atoms with Crippen LogP contribution in [0.4, 0.5) is 0 Å². The van der Waals surface area contributed by atoms with Gasteiger partial charge in [0, 0.05) is 5.38 Å². The fraction of sp³-hybridized carbons (Fsp3) is 0.250. The molecule has 3 rings (SSSR count). The molecule has 1 atom stereocenters. The Kier molecular flexibility index (Phi) is 2.70. The van der Waals surface area contributed by atoms with Gasteiger partial charge in [-0.25, -0.2) is 4.98 Å². The van der Waals surface area contributed by atoms with Gasteiger partial charge in [0.2, 0.25) is 0 Å². The molecule has 1 aliphatic heterocycles. The quantitative estimate of drug-likeness (QED) is 0.882. The third kappa shape index (κ3) is 1.99. The van der Waals surface area contributed by atoms with E-state index in [4.69, 9.17) is 15.2 Å². The number of nitrogens with zero attached hydrogens (tertiary/aromatic N) is 1. The summed E-state index contributed by atoms with van der Waals surface area (Å²) in [6.45, 7) is 1.19. The molecule has 0 amide bonds. The first-order valence-corrected chi connectivity index (χ1v) is 6.32. The molecule has 0 saturated heterocycles. The van der Waals surface area contributed by atoms with Crippen molar-refractivity contribution >= 4 is 11.3 Å². The monoisotopic (exact) mass is 248 g/mol. The lowest BCUT2D eigenvalue weighted by atomic mass is 10.0. The van der Waals surface area contributed by atoms with Gasteiger partial charge in [-0.2, -0.15) is 0 Å². The summed E-state index contributed by atoms with van der Waals surface area (Å²) in [4.78, 5) is 4.23. The first kappa shape index (κ1) is 10.6. The van der Waals surface area contributed by atoms with Gasteiger partial charge in [0.25, 0.3) is 0 Å². The number of rotatable bonds is 2. The van der Waals surface area contributed by atoms with Gasteiger partial charge in [-0.15, -0.1) is 11.3 Å². The lowest BCUT2D eigenvalue weighted by Crippen LogP contribution is -2.17. The second-order valence-electron chi connectivity index (χ2n) is 3.79. The molecule has 1 aromatic heterocycles. The summed E-state index contributed by atoms with van der Waals surface area (Å²) in [6, 6.07) is 5.57. The summed E-state index contributed by atoms with van der Waals surface area (Å²) in [6.07, 6.45) is 0. The molecule has 0 saturated carbocycles. The molecule has 0 spiro atoms. The van der Waals surface area contributed by atoms with Crippen molar-refractivity contribution in [3.05, 3.63) is 40.3 Å². The molecule has 0 bridgehead atoms. The van der Waals surface area contributed by atoms with Gasteiger partial charge in [-0.3, -0.25) is 0 Å². The summed E-state index contributed by atoms with van der Waals surface area (Å²) in [7, 11) is 0. The number of thiazole rings is 1. The van der Waals surface area contributed by atoms with E-state index in [1.165, 1.54) is 0 Å². The molecule has 2 heterocycles. The van der Waals surface area contributed by atoms with Crippen LogP contribution in [-0.2, 0) is 0 Å². The van der Waals surface area contributed by atoms with Gasteiger partial charge >= 0.3 is 0 Å². The standard InChI is InChI=1S/C12H12N2O2S/c13-12(9-6-17-7-14-9)8-1-2-10-11(5-8)16-4-3-15-10/h1-2,5-7,12H,3-4,13H2. The Labute approximate surface area is 103 Å². The zero-order valence-electron chi connectivity index (χ0n) is 9.13. The molecular weight excluding hydrogens is 236 g/mol. The lowest BCUT2D eigenvalue weighted by Gasteiger charge is -2.20. The number of benzene rings is 1. The maximum Gasteiger partial charge on any atom is 0.161 e. The summed E-state index contributed by atoms with van der Waals surface area (Å²) in [5.41, 5.74) is 9.79. The van der Waals surface area contributed by atoms with Crippen LogP contribution in [-0.4, -0.2) is 18.2 Å². The molecule has 2 N–H and O–H groups in total. The summed E-state index contributed by atoms with van der Waals surface area (Å²) in [5.74, 6) is 1.55. The fourth-order valence-electron chi connectivity index (χ4n) is 1.80. The van der Waals surface area contributed by atoms with Crippen LogP contribution in [0.2, 0.25) is 0 Å². The smallest absolute Gasteiger partial charge is 0.161 e. The van der Waals surface area contributed by atoms with Crippen molar-refractivity contribution in [3.8, 4) is 11.5 Å². The van der Waals surface area contributed by atoms with Crippen LogP contribution >= 0.6 is 11.3 Å². The minimum atomic E-state index is -0.211. The van der Waals surface area contributed by atoms with Crippen molar-refractivity contribution in [2.24, 2.45) is 5.73 Å². The predicted molar refractivity (Wildman–Crippen MR) is 65.6 cm³/mol. The Bertz CT molecular complexity index is 513. The number of fused-ring (bicyclic) bond motifs is 1. The average molecular weight is 248 g/mol. The van der Waals surface area contributed by atoms with Crippen LogP contribution in [0.1, 0.15) is 17.3 Å². The highest BCUT2D eigenvalue weighted by Crippen LogP contribution is 2.33. The molecule has 1 aromatic carbocycles. The SMILES string of the molecule is NC(c1ccc2c(c1)OCCO2)c1cscn1. The van der Waals surface area contributed by atoms with Gasteiger partial charge in [-0.05, 0) is 17.7 Å². The van der Waals surface area contributed by atoms with E-state index in [-0.39, 0.29) is 6.04 Å². The van der Waals surface area contributed by atoms with Gasteiger partial charge in [0.05, 0.1) is 17.2 Å².